The van der Waals surface area contributed by atoms with Crippen LogP contribution < -0.4 is 5.32 Å². The van der Waals surface area contributed by atoms with Gasteiger partial charge in [-0.3, -0.25) is 0 Å². The molecule has 0 spiro atoms. The van der Waals surface area contributed by atoms with Crippen LogP contribution in [0.4, 0.5) is 0 Å². The second kappa shape index (κ2) is 6.44. The molecule has 0 aromatic carbocycles. The summed E-state index contributed by atoms with van der Waals surface area (Å²) in [4.78, 5) is 0. The quantitative estimate of drug-likeness (QED) is 0.641. The minimum Gasteiger partial charge on any atom is -0.395 e. The minimum atomic E-state index is 0.255. The van der Waals surface area contributed by atoms with Gasteiger partial charge in [0.05, 0.1) is 6.61 Å². The average molecular weight is 173 g/mol. The van der Waals surface area contributed by atoms with Crippen molar-refractivity contribution in [1.82, 2.24) is 5.32 Å². The Hall–Kier alpha value is -0.0800. The van der Waals surface area contributed by atoms with Crippen LogP contribution in [0.25, 0.3) is 0 Å². The summed E-state index contributed by atoms with van der Waals surface area (Å²) in [7, 11) is 0. The van der Waals surface area contributed by atoms with Gasteiger partial charge in [0.1, 0.15) is 0 Å². The van der Waals surface area contributed by atoms with Gasteiger partial charge in [0.15, 0.2) is 0 Å². The van der Waals surface area contributed by atoms with Gasteiger partial charge in [0.2, 0.25) is 0 Å². The molecule has 0 heterocycles. The number of nitrogens with one attached hydrogen (secondary N) is 1. The van der Waals surface area contributed by atoms with E-state index in [9.17, 15) is 0 Å². The molecule has 0 aliphatic carbocycles. The fourth-order valence-electron chi connectivity index (χ4n) is 1.23. The summed E-state index contributed by atoms with van der Waals surface area (Å²) in [6, 6.07) is 0.752. The lowest BCUT2D eigenvalue weighted by atomic mass is 10.0. The molecule has 0 fully saturated rings. The topological polar surface area (TPSA) is 32.3 Å². The molecule has 2 heteroatoms. The molecule has 0 radical (unpaired) electrons. The van der Waals surface area contributed by atoms with E-state index in [-0.39, 0.29) is 12.6 Å². The smallest absolute Gasteiger partial charge is 0.0584 e. The van der Waals surface area contributed by atoms with Crippen LogP contribution in [-0.2, 0) is 0 Å². The first-order chi connectivity index (χ1) is 5.56. The van der Waals surface area contributed by atoms with E-state index in [1.54, 1.807) is 0 Å². The monoisotopic (exact) mass is 173 g/mol. The Morgan fingerprint density at radius 3 is 2.00 bits per heavy atom. The molecule has 0 amide bonds. The van der Waals surface area contributed by atoms with E-state index in [2.05, 4.69) is 33.0 Å². The average Bonchev–Trinajstić information content (AvgIpc) is 1.97. The zero-order chi connectivity index (χ0) is 9.56. The third-order valence-corrected chi connectivity index (χ3v) is 1.88. The van der Waals surface area contributed by atoms with Crippen molar-refractivity contribution in [3.63, 3.8) is 0 Å². The molecule has 0 saturated carbocycles. The Morgan fingerprint density at radius 1 is 1.08 bits per heavy atom. The second-order valence-electron chi connectivity index (χ2n) is 4.17. The summed E-state index contributed by atoms with van der Waals surface area (Å²) in [5.41, 5.74) is 0. The van der Waals surface area contributed by atoms with Crippen molar-refractivity contribution >= 4 is 0 Å². The van der Waals surface area contributed by atoms with Gasteiger partial charge < -0.3 is 10.4 Å². The van der Waals surface area contributed by atoms with Crippen LogP contribution in [-0.4, -0.2) is 23.8 Å². The van der Waals surface area contributed by atoms with Gasteiger partial charge in [-0.1, -0.05) is 27.7 Å². The number of hydrogen-bond acceptors (Lipinski definition) is 2. The van der Waals surface area contributed by atoms with Crippen LogP contribution in [0.5, 0.6) is 0 Å². The first kappa shape index (κ1) is 11.9. The molecular formula is C10H23NO. The highest BCUT2D eigenvalue weighted by atomic mass is 16.3. The van der Waals surface area contributed by atoms with Gasteiger partial charge >= 0.3 is 0 Å². The maximum Gasteiger partial charge on any atom is 0.0584 e. The Morgan fingerprint density at radius 2 is 1.67 bits per heavy atom. The summed E-state index contributed by atoms with van der Waals surface area (Å²) in [6.07, 6.45) is 2.26. The van der Waals surface area contributed by atoms with Crippen molar-refractivity contribution in [2.24, 2.45) is 5.92 Å². The SMILES string of the molecule is CC(C)CCC(CO)NC(C)C. The number of rotatable bonds is 6. The second-order valence-corrected chi connectivity index (χ2v) is 4.17. The first-order valence-electron chi connectivity index (χ1n) is 4.93. The van der Waals surface area contributed by atoms with Gasteiger partial charge in [0.25, 0.3) is 0 Å². The summed E-state index contributed by atoms with van der Waals surface area (Å²) >= 11 is 0. The lowest BCUT2D eigenvalue weighted by Crippen LogP contribution is -2.37. The fraction of sp³-hybridized carbons (Fsp3) is 1.00. The molecule has 0 bridgehead atoms. The van der Waals surface area contributed by atoms with E-state index in [1.165, 1.54) is 6.42 Å². The van der Waals surface area contributed by atoms with Crippen molar-refractivity contribution in [3.05, 3.63) is 0 Å². The van der Waals surface area contributed by atoms with E-state index >= 15 is 0 Å². The summed E-state index contributed by atoms with van der Waals surface area (Å²) in [6.45, 7) is 8.90. The number of aliphatic hydroxyl groups excluding tert-OH is 1. The first-order valence-corrected chi connectivity index (χ1v) is 4.93. The van der Waals surface area contributed by atoms with Gasteiger partial charge in [-0.05, 0) is 18.8 Å². The largest absolute Gasteiger partial charge is 0.395 e. The van der Waals surface area contributed by atoms with E-state index in [0.29, 0.717) is 6.04 Å². The highest BCUT2D eigenvalue weighted by Crippen LogP contribution is 2.06. The molecule has 1 atom stereocenters. The number of hydrogen-bond donors (Lipinski definition) is 2. The van der Waals surface area contributed by atoms with Gasteiger partial charge in [0, 0.05) is 12.1 Å². The Kier molecular flexibility index (Phi) is 6.39. The van der Waals surface area contributed by atoms with Gasteiger partial charge in [-0.2, -0.15) is 0 Å². The molecular weight excluding hydrogens is 150 g/mol. The van der Waals surface area contributed by atoms with Crippen molar-refractivity contribution in [3.8, 4) is 0 Å². The Labute approximate surface area is 76.4 Å². The van der Waals surface area contributed by atoms with Crippen molar-refractivity contribution < 1.29 is 5.11 Å². The van der Waals surface area contributed by atoms with E-state index in [1.807, 2.05) is 0 Å². The van der Waals surface area contributed by atoms with Crippen molar-refractivity contribution in [2.75, 3.05) is 6.61 Å². The maximum atomic E-state index is 9.03. The molecule has 0 aromatic heterocycles. The Balaban J connectivity index is 3.53. The summed E-state index contributed by atoms with van der Waals surface area (Å²) in [5, 5.41) is 12.4. The fourth-order valence-corrected chi connectivity index (χ4v) is 1.23. The molecule has 2 N–H and O–H groups in total. The van der Waals surface area contributed by atoms with E-state index in [4.69, 9.17) is 5.11 Å². The van der Waals surface area contributed by atoms with E-state index in [0.717, 1.165) is 12.3 Å². The normalized spacial score (nSPS) is 14.2. The maximum absolute atomic E-state index is 9.03. The molecule has 1 unspecified atom stereocenters. The minimum absolute atomic E-state index is 0.255. The molecule has 0 aliphatic rings. The van der Waals surface area contributed by atoms with Gasteiger partial charge in [-0.15, -0.1) is 0 Å². The third kappa shape index (κ3) is 6.62. The zero-order valence-corrected chi connectivity index (χ0v) is 8.80. The lowest BCUT2D eigenvalue weighted by molar-refractivity contribution is 0.222. The molecule has 0 saturated heterocycles. The standard InChI is InChI=1S/C10H23NO/c1-8(2)5-6-10(7-12)11-9(3)4/h8-12H,5-7H2,1-4H3. The van der Waals surface area contributed by atoms with Crippen LogP contribution in [0, 0.1) is 5.92 Å². The van der Waals surface area contributed by atoms with Crippen LogP contribution in [0.2, 0.25) is 0 Å². The van der Waals surface area contributed by atoms with Crippen LogP contribution in [0.3, 0.4) is 0 Å². The van der Waals surface area contributed by atoms with Crippen molar-refractivity contribution in [2.45, 2.75) is 52.6 Å². The molecule has 12 heavy (non-hydrogen) atoms. The van der Waals surface area contributed by atoms with E-state index < -0.39 is 0 Å². The molecule has 0 aliphatic heterocycles. The zero-order valence-electron chi connectivity index (χ0n) is 8.80. The van der Waals surface area contributed by atoms with Gasteiger partial charge in [-0.25, -0.2) is 0 Å². The predicted molar refractivity (Wildman–Crippen MR) is 53.2 cm³/mol. The molecule has 0 rings (SSSR count). The highest BCUT2D eigenvalue weighted by Gasteiger charge is 2.08. The van der Waals surface area contributed by atoms with Crippen LogP contribution in [0.15, 0.2) is 0 Å². The molecule has 0 aromatic rings. The number of aliphatic hydroxyl groups is 1. The van der Waals surface area contributed by atoms with Crippen LogP contribution in [0.1, 0.15) is 40.5 Å². The highest BCUT2D eigenvalue weighted by molar-refractivity contribution is 4.68. The molecule has 74 valence electrons. The summed E-state index contributed by atoms with van der Waals surface area (Å²) < 4.78 is 0. The van der Waals surface area contributed by atoms with Crippen LogP contribution >= 0.6 is 0 Å². The third-order valence-electron chi connectivity index (χ3n) is 1.88. The predicted octanol–water partition coefficient (Wildman–Crippen LogP) is 1.78. The molecule has 2 nitrogen and oxygen atoms in total. The Bertz CT molecular complexity index is 102. The lowest BCUT2D eigenvalue weighted by Gasteiger charge is -2.19. The van der Waals surface area contributed by atoms with Crippen molar-refractivity contribution in [1.29, 1.82) is 0 Å². The summed E-state index contributed by atoms with van der Waals surface area (Å²) in [5.74, 6) is 0.730.